The minimum atomic E-state index is 0.756. The Morgan fingerprint density at radius 1 is 1.20 bits per heavy atom. The minimum Gasteiger partial charge on any atom is -0.316 e. The van der Waals surface area contributed by atoms with E-state index in [-0.39, 0.29) is 0 Å². The number of hydrogen-bond acceptors (Lipinski definition) is 1. The fourth-order valence-corrected chi connectivity index (χ4v) is 3.74. The van der Waals surface area contributed by atoms with Crippen LogP contribution in [0.15, 0.2) is 0 Å². The van der Waals surface area contributed by atoms with Gasteiger partial charge in [0.1, 0.15) is 0 Å². The summed E-state index contributed by atoms with van der Waals surface area (Å²) in [6, 6.07) is 0. The molecule has 20 heavy (non-hydrogen) atoms. The first-order valence-electron chi connectivity index (χ1n) is 8.81. The molecule has 1 aliphatic rings. The molecule has 116 valence electrons. The van der Waals surface area contributed by atoms with Crippen molar-refractivity contribution in [2.45, 2.75) is 72.1 Å². The Balaban J connectivity index is 2.41. The Hall–Kier alpha value is -0.480. The Bertz CT molecular complexity index is 276. The van der Waals surface area contributed by atoms with Crippen molar-refractivity contribution in [2.24, 2.45) is 23.7 Å². The summed E-state index contributed by atoms with van der Waals surface area (Å²) < 4.78 is 0. The molecule has 1 rings (SSSR count). The van der Waals surface area contributed by atoms with Gasteiger partial charge in [-0.05, 0) is 62.4 Å². The zero-order valence-electron chi connectivity index (χ0n) is 14.0. The molecule has 0 spiro atoms. The summed E-state index contributed by atoms with van der Waals surface area (Å²) in [5, 5.41) is 3.68. The predicted octanol–water partition coefficient (Wildman–Crippen LogP) is 4.87. The summed E-state index contributed by atoms with van der Waals surface area (Å²) in [7, 11) is 0. The van der Waals surface area contributed by atoms with Gasteiger partial charge in [-0.1, -0.05) is 40.0 Å². The standard InChI is InChI=1S/C19H35N/c1-5-7-8-10-18-13-17(9-6-2)11-12-19(18)15-20-14-16(3)4/h1,16-20H,6-15H2,2-4H3. The van der Waals surface area contributed by atoms with Gasteiger partial charge in [-0.3, -0.25) is 0 Å². The van der Waals surface area contributed by atoms with Gasteiger partial charge in [0.2, 0.25) is 0 Å². The lowest BCUT2D eigenvalue weighted by atomic mass is 9.71. The van der Waals surface area contributed by atoms with Gasteiger partial charge in [0.05, 0.1) is 0 Å². The second-order valence-electron chi connectivity index (χ2n) is 7.14. The van der Waals surface area contributed by atoms with Crippen molar-refractivity contribution < 1.29 is 0 Å². The summed E-state index contributed by atoms with van der Waals surface area (Å²) in [4.78, 5) is 0. The Labute approximate surface area is 127 Å². The molecule has 0 bridgehead atoms. The molecule has 3 atom stereocenters. The van der Waals surface area contributed by atoms with Crippen LogP contribution < -0.4 is 5.32 Å². The third kappa shape index (κ3) is 6.80. The highest BCUT2D eigenvalue weighted by atomic mass is 14.9. The van der Waals surface area contributed by atoms with Crippen LogP contribution in [0.2, 0.25) is 0 Å². The van der Waals surface area contributed by atoms with Crippen molar-refractivity contribution in [1.82, 2.24) is 5.32 Å². The van der Waals surface area contributed by atoms with Crippen LogP contribution >= 0.6 is 0 Å². The number of nitrogens with one attached hydrogen (secondary N) is 1. The van der Waals surface area contributed by atoms with E-state index in [2.05, 4.69) is 32.0 Å². The van der Waals surface area contributed by atoms with Gasteiger partial charge < -0.3 is 5.32 Å². The molecule has 0 aromatic heterocycles. The van der Waals surface area contributed by atoms with E-state index in [4.69, 9.17) is 6.42 Å². The molecule has 0 saturated heterocycles. The second-order valence-corrected chi connectivity index (χ2v) is 7.14. The van der Waals surface area contributed by atoms with Gasteiger partial charge in [-0.25, -0.2) is 0 Å². The topological polar surface area (TPSA) is 12.0 Å². The maximum atomic E-state index is 5.40. The zero-order chi connectivity index (χ0) is 14.8. The van der Waals surface area contributed by atoms with Crippen molar-refractivity contribution in [3.05, 3.63) is 0 Å². The molecule has 1 aliphatic carbocycles. The maximum Gasteiger partial charge on any atom is 0.00861 e. The molecular formula is C19H35N. The molecule has 1 N–H and O–H groups in total. The van der Waals surface area contributed by atoms with Gasteiger partial charge in [0.25, 0.3) is 0 Å². The summed E-state index contributed by atoms with van der Waals surface area (Å²) >= 11 is 0. The maximum absolute atomic E-state index is 5.40. The molecule has 1 nitrogen and oxygen atoms in total. The average molecular weight is 277 g/mol. The Morgan fingerprint density at radius 2 is 2.00 bits per heavy atom. The number of unbranched alkanes of at least 4 members (excludes halogenated alkanes) is 1. The zero-order valence-corrected chi connectivity index (χ0v) is 14.0. The molecule has 0 aliphatic heterocycles. The third-order valence-corrected chi connectivity index (χ3v) is 4.80. The highest BCUT2D eigenvalue weighted by Crippen LogP contribution is 2.38. The lowest BCUT2D eigenvalue weighted by Gasteiger charge is -2.36. The first-order valence-corrected chi connectivity index (χ1v) is 8.81. The number of hydrogen-bond donors (Lipinski definition) is 1. The van der Waals surface area contributed by atoms with Crippen molar-refractivity contribution >= 4 is 0 Å². The first-order chi connectivity index (χ1) is 9.67. The van der Waals surface area contributed by atoms with Crippen LogP contribution in [-0.4, -0.2) is 13.1 Å². The predicted molar refractivity (Wildman–Crippen MR) is 89.6 cm³/mol. The molecule has 1 heteroatoms. The molecule has 1 fully saturated rings. The quantitative estimate of drug-likeness (QED) is 0.468. The first kappa shape index (κ1) is 17.6. The van der Waals surface area contributed by atoms with E-state index >= 15 is 0 Å². The van der Waals surface area contributed by atoms with Gasteiger partial charge in [0.15, 0.2) is 0 Å². The lowest BCUT2D eigenvalue weighted by molar-refractivity contribution is 0.157. The SMILES string of the molecule is C#CCCCC1CC(CCC)CCC1CNCC(C)C. The van der Waals surface area contributed by atoms with E-state index in [1.165, 1.54) is 51.5 Å². The van der Waals surface area contributed by atoms with E-state index in [0.717, 1.165) is 36.6 Å². The molecule has 0 aromatic rings. The van der Waals surface area contributed by atoms with Crippen LogP contribution in [0.4, 0.5) is 0 Å². The van der Waals surface area contributed by atoms with Crippen LogP contribution in [0.1, 0.15) is 72.1 Å². The van der Waals surface area contributed by atoms with E-state index < -0.39 is 0 Å². The molecule has 0 heterocycles. The van der Waals surface area contributed by atoms with Gasteiger partial charge in [-0.2, -0.15) is 0 Å². The smallest absolute Gasteiger partial charge is 0.00861 e. The summed E-state index contributed by atoms with van der Waals surface area (Å²) in [6.45, 7) is 9.28. The monoisotopic (exact) mass is 277 g/mol. The van der Waals surface area contributed by atoms with Crippen LogP contribution in [0, 0.1) is 36.0 Å². The highest BCUT2D eigenvalue weighted by molar-refractivity contribution is 4.86. The van der Waals surface area contributed by atoms with Crippen LogP contribution in [0.3, 0.4) is 0 Å². The molecule has 0 aromatic carbocycles. The fraction of sp³-hybridized carbons (Fsp3) is 0.895. The Morgan fingerprint density at radius 3 is 2.65 bits per heavy atom. The molecule has 3 unspecified atom stereocenters. The van der Waals surface area contributed by atoms with Crippen molar-refractivity contribution in [3.63, 3.8) is 0 Å². The summed E-state index contributed by atoms with van der Waals surface area (Å²) in [5.41, 5.74) is 0. The summed E-state index contributed by atoms with van der Waals surface area (Å²) in [5.74, 6) is 6.34. The third-order valence-electron chi connectivity index (χ3n) is 4.80. The van der Waals surface area contributed by atoms with Crippen LogP contribution in [0.25, 0.3) is 0 Å². The van der Waals surface area contributed by atoms with Gasteiger partial charge in [0, 0.05) is 6.42 Å². The Kier molecular flexibility index (Phi) is 9.03. The van der Waals surface area contributed by atoms with E-state index in [9.17, 15) is 0 Å². The van der Waals surface area contributed by atoms with Crippen molar-refractivity contribution in [1.29, 1.82) is 0 Å². The lowest BCUT2D eigenvalue weighted by Crippen LogP contribution is -2.34. The minimum absolute atomic E-state index is 0.756. The van der Waals surface area contributed by atoms with Crippen molar-refractivity contribution in [3.8, 4) is 12.3 Å². The van der Waals surface area contributed by atoms with Gasteiger partial charge in [-0.15, -0.1) is 12.3 Å². The van der Waals surface area contributed by atoms with Crippen LogP contribution in [0.5, 0.6) is 0 Å². The largest absolute Gasteiger partial charge is 0.316 e. The summed E-state index contributed by atoms with van der Waals surface area (Å²) in [6.07, 6.45) is 16.0. The van der Waals surface area contributed by atoms with Gasteiger partial charge >= 0.3 is 0 Å². The van der Waals surface area contributed by atoms with Crippen LogP contribution in [-0.2, 0) is 0 Å². The molecule has 0 radical (unpaired) electrons. The number of rotatable bonds is 9. The molecule has 1 saturated carbocycles. The highest BCUT2D eigenvalue weighted by Gasteiger charge is 2.29. The van der Waals surface area contributed by atoms with Crippen molar-refractivity contribution in [2.75, 3.05) is 13.1 Å². The second kappa shape index (κ2) is 10.3. The molecule has 0 amide bonds. The fourth-order valence-electron chi connectivity index (χ4n) is 3.74. The molecular weight excluding hydrogens is 242 g/mol. The van der Waals surface area contributed by atoms with E-state index in [1.54, 1.807) is 0 Å². The normalized spacial score (nSPS) is 26.6. The van der Waals surface area contributed by atoms with E-state index in [1.807, 2.05) is 0 Å². The number of terminal acetylenes is 1. The van der Waals surface area contributed by atoms with E-state index in [0.29, 0.717) is 0 Å². The average Bonchev–Trinajstić information content (AvgIpc) is 2.41.